The third-order valence-corrected chi connectivity index (χ3v) is 6.35. The molecule has 162 valence electrons. The van der Waals surface area contributed by atoms with Crippen molar-refractivity contribution in [2.75, 3.05) is 38.7 Å². The average Bonchev–Trinajstić information content (AvgIpc) is 3.17. The number of carbonyl (C=O) groups is 2. The first-order valence-electron chi connectivity index (χ1n) is 10.5. The van der Waals surface area contributed by atoms with E-state index in [4.69, 9.17) is 9.47 Å². The first kappa shape index (κ1) is 22.3. The highest BCUT2D eigenvalue weighted by molar-refractivity contribution is 7.15. The molecular formula is C23H30N2O4S. The van der Waals surface area contributed by atoms with E-state index >= 15 is 0 Å². The Balaban J connectivity index is 1.72. The second-order valence-electron chi connectivity index (χ2n) is 7.62. The lowest BCUT2D eigenvalue weighted by molar-refractivity contribution is -0.116. The van der Waals surface area contributed by atoms with Crippen LogP contribution in [-0.4, -0.2) is 50.1 Å². The number of thiophene rings is 1. The minimum absolute atomic E-state index is 0.0812. The van der Waals surface area contributed by atoms with Crippen LogP contribution in [0, 0.1) is 5.92 Å². The number of nitrogens with one attached hydrogen (secondary N) is 1. The molecule has 7 heteroatoms. The summed E-state index contributed by atoms with van der Waals surface area (Å²) in [5.41, 5.74) is 2.03. The monoisotopic (exact) mass is 430 g/mol. The van der Waals surface area contributed by atoms with Gasteiger partial charge in [0.05, 0.1) is 13.7 Å². The molecule has 1 fully saturated rings. The number of esters is 1. The van der Waals surface area contributed by atoms with E-state index in [0.717, 1.165) is 42.4 Å². The van der Waals surface area contributed by atoms with E-state index < -0.39 is 5.97 Å². The van der Waals surface area contributed by atoms with Gasteiger partial charge >= 0.3 is 5.97 Å². The van der Waals surface area contributed by atoms with Crippen LogP contribution in [0.3, 0.4) is 0 Å². The molecule has 0 unspecified atom stereocenters. The van der Waals surface area contributed by atoms with Gasteiger partial charge in [0.1, 0.15) is 16.3 Å². The van der Waals surface area contributed by atoms with Crippen molar-refractivity contribution in [3.8, 4) is 16.9 Å². The fourth-order valence-electron chi connectivity index (χ4n) is 3.57. The molecule has 1 aliphatic rings. The summed E-state index contributed by atoms with van der Waals surface area (Å²) in [6, 6.07) is 7.48. The van der Waals surface area contributed by atoms with Crippen molar-refractivity contribution in [1.82, 2.24) is 4.90 Å². The van der Waals surface area contributed by atoms with Crippen molar-refractivity contribution in [2.45, 2.75) is 33.1 Å². The van der Waals surface area contributed by atoms with Crippen LogP contribution in [0.5, 0.6) is 5.75 Å². The highest BCUT2D eigenvalue weighted by atomic mass is 32.1. The van der Waals surface area contributed by atoms with Gasteiger partial charge in [-0.1, -0.05) is 19.1 Å². The molecule has 1 aliphatic heterocycles. The average molecular weight is 431 g/mol. The maximum Gasteiger partial charge on any atom is 0.341 e. The Morgan fingerprint density at radius 3 is 2.53 bits per heavy atom. The first-order valence-corrected chi connectivity index (χ1v) is 11.3. The first-order chi connectivity index (χ1) is 14.5. The number of benzene rings is 1. The number of nitrogens with zero attached hydrogens (tertiary/aromatic N) is 1. The summed E-state index contributed by atoms with van der Waals surface area (Å²) < 4.78 is 10.5. The summed E-state index contributed by atoms with van der Waals surface area (Å²) in [6.45, 7) is 7.15. The fraction of sp³-hybridized carbons (Fsp3) is 0.478. The predicted octanol–water partition coefficient (Wildman–Crippen LogP) is 4.66. The quantitative estimate of drug-likeness (QED) is 0.617. The lowest BCUT2D eigenvalue weighted by Gasteiger charge is -2.29. The van der Waals surface area contributed by atoms with Gasteiger partial charge in [-0.15, -0.1) is 11.3 Å². The highest BCUT2D eigenvalue weighted by Gasteiger charge is 2.23. The Morgan fingerprint density at radius 1 is 1.20 bits per heavy atom. The van der Waals surface area contributed by atoms with Crippen LogP contribution >= 0.6 is 11.3 Å². The minimum Gasteiger partial charge on any atom is -0.497 e. The number of ether oxygens (including phenoxy) is 2. The minimum atomic E-state index is -0.426. The van der Waals surface area contributed by atoms with E-state index in [-0.39, 0.29) is 12.5 Å². The van der Waals surface area contributed by atoms with Crippen molar-refractivity contribution in [1.29, 1.82) is 0 Å². The molecular weight excluding hydrogens is 400 g/mol. The number of piperidine rings is 1. The topological polar surface area (TPSA) is 67.9 Å². The molecule has 0 radical (unpaired) electrons. The predicted molar refractivity (Wildman–Crippen MR) is 120 cm³/mol. The number of methoxy groups -OCH3 is 1. The zero-order valence-electron chi connectivity index (χ0n) is 17.9. The molecule has 1 aromatic carbocycles. The lowest BCUT2D eigenvalue weighted by Crippen LogP contribution is -2.35. The number of hydrogen-bond donors (Lipinski definition) is 1. The van der Waals surface area contributed by atoms with Gasteiger partial charge in [0.15, 0.2) is 0 Å². The van der Waals surface area contributed by atoms with Gasteiger partial charge in [0.25, 0.3) is 0 Å². The fourth-order valence-corrected chi connectivity index (χ4v) is 4.55. The van der Waals surface area contributed by atoms with Crippen LogP contribution in [0.1, 0.15) is 43.5 Å². The zero-order chi connectivity index (χ0) is 21.5. The van der Waals surface area contributed by atoms with Crippen molar-refractivity contribution < 1.29 is 19.1 Å². The van der Waals surface area contributed by atoms with E-state index in [1.54, 1.807) is 14.0 Å². The Kier molecular flexibility index (Phi) is 7.87. The van der Waals surface area contributed by atoms with Crippen LogP contribution in [0.15, 0.2) is 29.6 Å². The maximum atomic E-state index is 12.7. The molecule has 1 N–H and O–H groups in total. The van der Waals surface area contributed by atoms with Crippen molar-refractivity contribution >= 4 is 28.2 Å². The van der Waals surface area contributed by atoms with E-state index in [9.17, 15) is 9.59 Å². The van der Waals surface area contributed by atoms with Crippen LogP contribution in [0.25, 0.3) is 11.1 Å². The van der Waals surface area contributed by atoms with Gasteiger partial charge in [-0.2, -0.15) is 0 Å². The van der Waals surface area contributed by atoms with Crippen LogP contribution in [0.4, 0.5) is 5.00 Å². The van der Waals surface area contributed by atoms with Crippen molar-refractivity contribution in [2.24, 2.45) is 5.92 Å². The zero-order valence-corrected chi connectivity index (χ0v) is 18.7. The Hall–Kier alpha value is -2.38. The molecule has 2 heterocycles. The normalized spacial score (nSPS) is 15.0. The molecule has 0 aliphatic carbocycles. The van der Waals surface area contributed by atoms with Gasteiger partial charge < -0.3 is 19.7 Å². The molecule has 0 bridgehead atoms. The molecule has 6 nitrogen and oxygen atoms in total. The summed E-state index contributed by atoms with van der Waals surface area (Å²) in [5.74, 6) is 1.00. The Morgan fingerprint density at radius 2 is 1.90 bits per heavy atom. The van der Waals surface area contributed by atoms with E-state index in [1.165, 1.54) is 24.2 Å². The van der Waals surface area contributed by atoms with Crippen LogP contribution < -0.4 is 10.1 Å². The highest BCUT2D eigenvalue weighted by Crippen LogP contribution is 2.37. The molecule has 2 aromatic rings. The number of likely N-dealkylation sites (tertiary alicyclic amines) is 1. The summed E-state index contributed by atoms with van der Waals surface area (Å²) in [6.07, 6.45) is 2.78. The lowest BCUT2D eigenvalue weighted by atomic mass is 9.99. The Labute approximate surface area is 182 Å². The smallest absolute Gasteiger partial charge is 0.341 e. The second kappa shape index (κ2) is 10.6. The summed E-state index contributed by atoms with van der Waals surface area (Å²) in [4.78, 5) is 27.6. The number of carbonyl (C=O) groups excluding carboxylic acids is 2. The van der Waals surface area contributed by atoms with Crippen LogP contribution in [-0.2, 0) is 9.53 Å². The SMILES string of the molecule is CCOC(=O)c1c(-c2ccc(OC)cc2)csc1NC(=O)CCN1CCC(C)CC1. The van der Waals surface area contributed by atoms with Gasteiger partial charge in [0, 0.05) is 23.9 Å². The molecule has 1 aromatic heterocycles. The van der Waals surface area contributed by atoms with Crippen molar-refractivity contribution in [3.63, 3.8) is 0 Å². The number of rotatable bonds is 8. The Bertz CT molecular complexity index is 855. The summed E-state index contributed by atoms with van der Waals surface area (Å²) in [5, 5.41) is 5.36. The third kappa shape index (κ3) is 5.61. The van der Waals surface area contributed by atoms with Crippen LogP contribution in [0.2, 0.25) is 0 Å². The molecule has 30 heavy (non-hydrogen) atoms. The molecule has 0 saturated carbocycles. The van der Waals surface area contributed by atoms with E-state index in [1.807, 2.05) is 29.6 Å². The standard InChI is InChI=1S/C23H30N2O4S/c1-4-29-23(27)21-19(17-5-7-18(28-3)8-6-17)15-30-22(21)24-20(26)11-14-25-12-9-16(2)10-13-25/h5-8,15-16H,4,9-14H2,1-3H3,(H,24,26). The van der Waals surface area contributed by atoms with E-state index in [2.05, 4.69) is 17.1 Å². The summed E-state index contributed by atoms with van der Waals surface area (Å²) in [7, 11) is 1.61. The molecule has 1 amide bonds. The number of amides is 1. The van der Waals surface area contributed by atoms with Gasteiger partial charge in [0.2, 0.25) is 5.91 Å². The van der Waals surface area contributed by atoms with Crippen molar-refractivity contribution in [3.05, 3.63) is 35.2 Å². The van der Waals surface area contributed by atoms with Gasteiger partial charge in [-0.05, 0) is 56.5 Å². The maximum absolute atomic E-state index is 12.7. The largest absolute Gasteiger partial charge is 0.497 e. The van der Waals surface area contributed by atoms with Gasteiger partial charge in [-0.25, -0.2) is 4.79 Å². The summed E-state index contributed by atoms with van der Waals surface area (Å²) >= 11 is 1.35. The number of hydrogen-bond acceptors (Lipinski definition) is 6. The van der Waals surface area contributed by atoms with E-state index in [0.29, 0.717) is 17.0 Å². The van der Waals surface area contributed by atoms with Gasteiger partial charge in [-0.3, -0.25) is 4.79 Å². The molecule has 0 atom stereocenters. The third-order valence-electron chi connectivity index (χ3n) is 5.46. The molecule has 0 spiro atoms. The second-order valence-corrected chi connectivity index (χ2v) is 8.50. The molecule has 3 rings (SSSR count). The number of anilines is 1. The molecule has 1 saturated heterocycles.